The first-order valence-corrected chi connectivity index (χ1v) is 7.00. The highest BCUT2D eigenvalue weighted by molar-refractivity contribution is 5.38. The van der Waals surface area contributed by atoms with Crippen molar-refractivity contribution in [1.82, 2.24) is 5.16 Å². The molecule has 0 aliphatic heterocycles. The molecule has 1 atom stereocenters. The molecule has 0 radical (unpaired) electrons. The van der Waals surface area contributed by atoms with Gasteiger partial charge in [-0.05, 0) is 56.4 Å². The van der Waals surface area contributed by atoms with Crippen LogP contribution in [0.5, 0.6) is 5.75 Å². The lowest BCUT2D eigenvalue weighted by Gasteiger charge is -2.22. The predicted octanol–water partition coefficient (Wildman–Crippen LogP) is 3.24. The molecular formula is C16H19NO3. The number of aliphatic hydroxyl groups is 1. The number of rotatable bonds is 3. The second-order valence-corrected chi connectivity index (χ2v) is 5.36. The van der Waals surface area contributed by atoms with Crippen molar-refractivity contribution in [2.45, 2.75) is 45.8 Å². The van der Waals surface area contributed by atoms with Gasteiger partial charge in [0, 0.05) is 0 Å². The second kappa shape index (κ2) is 5.29. The number of fused-ring (bicyclic) bond motifs is 1. The third-order valence-corrected chi connectivity index (χ3v) is 3.96. The summed E-state index contributed by atoms with van der Waals surface area (Å²) in [5.41, 5.74) is 4.09. The first-order valence-electron chi connectivity index (χ1n) is 7.00. The number of aliphatic hydroxyl groups excluding tert-OH is 1. The molecule has 2 aromatic rings. The number of benzene rings is 1. The monoisotopic (exact) mass is 273 g/mol. The molecular weight excluding hydrogens is 254 g/mol. The van der Waals surface area contributed by atoms with Crippen molar-refractivity contribution in [3.05, 3.63) is 46.3 Å². The molecule has 1 aromatic heterocycles. The number of aromatic nitrogens is 1. The molecule has 1 N–H and O–H groups in total. The van der Waals surface area contributed by atoms with Crippen LogP contribution in [0.25, 0.3) is 0 Å². The minimum atomic E-state index is -0.360. The smallest absolute Gasteiger partial charge is 0.140 e. The molecule has 106 valence electrons. The van der Waals surface area contributed by atoms with Gasteiger partial charge >= 0.3 is 0 Å². The first kappa shape index (κ1) is 13.2. The van der Waals surface area contributed by atoms with E-state index in [9.17, 15) is 5.11 Å². The molecule has 1 aliphatic carbocycles. The minimum absolute atomic E-state index is 0.360. The van der Waals surface area contributed by atoms with Crippen molar-refractivity contribution in [1.29, 1.82) is 0 Å². The fourth-order valence-electron chi connectivity index (χ4n) is 2.71. The van der Waals surface area contributed by atoms with Crippen LogP contribution >= 0.6 is 0 Å². The van der Waals surface area contributed by atoms with Crippen LogP contribution in [-0.4, -0.2) is 10.3 Å². The average Bonchev–Trinajstić information content (AvgIpc) is 2.76. The summed E-state index contributed by atoms with van der Waals surface area (Å²) in [6.07, 6.45) is 2.56. The van der Waals surface area contributed by atoms with Crippen molar-refractivity contribution in [3.63, 3.8) is 0 Å². The molecule has 1 aliphatic rings. The maximum Gasteiger partial charge on any atom is 0.140 e. The van der Waals surface area contributed by atoms with Crippen LogP contribution in [0.15, 0.2) is 22.7 Å². The van der Waals surface area contributed by atoms with Crippen LogP contribution in [0.1, 0.15) is 47.1 Å². The van der Waals surface area contributed by atoms with E-state index in [1.165, 1.54) is 5.56 Å². The Kier molecular flexibility index (Phi) is 3.49. The zero-order valence-electron chi connectivity index (χ0n) is 11.8. The fourth-order valence-corrected chi connectivity index (χ4v) is 2.71. The van der Waals surface area contributed by atoms with Crippen molar-refractivity contribution in [3.8, 4) is 5.75 Å². The molecule has 3 rings (SSSR count). The Morgan fingerprint density at radius 1 is 1.40 bits per heavy atom. The van der Waals surface area contributed by atoms with E-state index in [0.717, 1.165) is 47.6 Å². The number of ether oxygens (including phenoxy) is 1. The maximum absolute atomic E-state index is 10.0. The van der Waals surface area contributed by atoms with Crippen LogP contribution < -0.4 is 4.74 Å². The SMILES string of the molecule is Cc1noc(C)c1COc1ccc2c(c1)[C@@H](O)CCC2. The predicted molar refractivity (Wildman–Crippen MR) is 74.6 cm³/mol. The Labute approximate surface area is 118 Å². The summed E-state index contributed by atoms with van der Waals surface area (Å²) in [6, 6.07) is 5.98. The molecule has 0 spiro atoms. The number of nitrogens with zero attached hydrogens (tertiary/aromatic N) is 1. The van der Waals surface area contributed by atoms with Crippen molar-refractivity contribution in [2.75, 3.05) is 0 Å². The normalized spacial score (nSPS) is 17.9. The van der Waals surface area contributed by atoms with Crippen molar-refractivity contribution >= 4 is 0 Å². The standard InChI is InChI=1S/C16H19NO3/c1-10-15(11(2)20-17-10)9-19-13-7-6-12-4-3-5-16(18)14(12)8-13/h6-8,16,18H,3-5,9H2,1-2H3/t16-/m0/s1. The fraction of sp³-hybridized carbons (Fsp3) is 0.438. The highest BCUT2D eigenvalue weighted by Crippen LogP contribution is 2.32. The summed E-state index contributed by atoms with van der Waals surface area (Å²) in [7, 11) is 0. The van der Waals surface area contributed by atoms with Gasteiger partial charge in [-0.15, -0.1) is 0 Å². The summed E-state index contributed by atoms with van der Waals surface area (Å²) in [5, 5.41) is 14.0. The van der Waals surface area contributed by atoms with E-state index < -0.39 is 0 Å². The lowest BCUT2D eigenvalue weighted by Crippen LogP contribution is -2.09. The van der Waals surface area contributed by atoms with Crippen molar-refractivity contribution < 1.29 is 14.4 Å². The van der Waals surface area contributed by atoms with Gasteiger partial charge in [-0.3, -0.25) is 0 Å². The molecule has 0 bridgehead atoms. The van der Waals surface area contributed by atoms with Crippen molar-refractivity contribution in [2.24, 2.45) is 0 Å². The zero-order valence-corrected chi connectivity index (χ0v) is 11.8. The van der Waals surface area contributed by atoms with Gasteiger partial charge in [-0.1, -0.05) is 11.2 Å². The third kappa shape index (κ3) is 2.43. The van der Waals surface area contributed by atoms with E-state index in [0.29, 0.717) is 6.61 Å². The highest BCUT2D eigenvalue weighted by atomic mass is 16.5. The Morgan fingerprint density at radius 3 is 3.00 bits per heavy atom. The van der Waals surface area contributed by atoms with E-state index in [2.05, 4.69) is 11.2 Å². The molecule has 0 saturated carbocycles. The molecule has 0 unspecified atom stereocenters. The Morgan fingerprint density at radius 2 is 2.25 bits per heavy atom. The zero-order chi connectivity index (χ0) is 14.1. The number of hydrogen-bond acceptors (Lipinski definition) is 4. The van der Waals surface area contributed by atoms with Gasteiger partial charge in [0.1, 0.15) is 18.1 Å². The summed E-state index contributed by atoms with van der Waals surface area (Å²) in [6.45, 7) is 4.23. The molecule has 1 heterocycles. The summed E-state index contributed by atoms with van der Waals surface area (Å²) in [5.74, 6) is 1.57. The molecule has 0 fully saturated rings. The van der Waals surface area contributed by atoms with Gasteiger partial charge in [0.05, 0.1) is 17.4 Å². The van der Waals surface area contributed by atoms with Gasteiger partial charge in [-0.2, -0.15) is 0 Å². The molecule has 20 heavy (non-hydrogen) atoms. The first-order chi connectivity index (χ1) is 9.65. The number of hydrogen-bond donors (Lipinski definition) is 1. The largest absolute Gasteiger partial charge is 0.489 e. The van der Waals surface area contributed by atoms with Crippen LogP contribution in [0, 0.1) is 13.8 Å². The van der Waals surface area contributed by atoms with Crippen LogP contribution in [0.4, 0.5) is 0 Å². The average molecular weight is 273 g/mol. The Balaban J connectivity index is 1.77. The molecule has 4 heteroatoms. The molecule has 4 nitrogen and oxygen atoms in total. The molecule has 0 amide bonds. The molecule has 0 saturated heterocycles. The highest BCUT2D eigenvalue weighted by Gasteiger charge is 2.18. The van der Waals surface area contributed by atoms with Gasteiger partial charge in [0.2, 0.25) is 0 Å². The number of aryl methyl sites for hydroxylation is 3. The van der Waals surface area contributed by atoms with Crippen LogP contribution in [0.3, 0.4) is 0 Å². The Hall–Kier alpha value is -1.81. The second-order valence-electron chi connectivity index (χ2n) is 5.36. The van der Waals surface area contributed by atoms with E-state index in [4.69, 9.17) is 9.26 Å². The van der Waals surface area contributed by atoms with E-state index in [-0.39, 0.29) is 6.10 Å². The van der Waals surface area contributed by atoms with E-state index in [1.807, 2.05) is 26.0 Å². The van der Waals surface area contributed by atoms with Gasteiger partial charge in [0.15, 0.2) is 0 Å². The van der Waals surface area contributed by atoms with Gasteiger partial charge in [-0.25, -0.2) is 0 Å². The third-order valence-electron chi connectivity index (χ3n) is 3.96. The Bertz CT molecular complexity index is 599. The summed E-state index contributed by atoms with van der Waals surface area (Å²) >= 11 is 0. The van der Waals surface area contributed by atoms with Crippen LogP contribution in [-0.2, 0) is 13.0 Å². The maximum atomic E-state index is 10.0. The van der Waals surface area contributed by atoms with Gasteiger partial charge < -0.3 is 14.4 Å². The lowest BCUT2D eigenvalue weighted by molar-refractivity contribution is 0.156. The quantitative estimate of drug-likeness (QED) is 0.932. The van der Waals surface area contributed by atoms with Gasteiger partial charge in [0.25, 0.3) is 0 Å². The van der Waals surface area contributed by atoms with E-state index in [1.54, 1.807) is 0 Å². The topological polar surface area (TPSA) is 55.5 Å². The minimum Gasteiger partial charge on any atom is -0.489 e. The summed E-state index contributed by atoms with van der Waals surface area (Å²) < 4.78 is 10.9. The van der Waals surface area contributed by atoms with Crippen LogP contribution in [0.2, 0.25) is 0 Å². The lowest BCUT2D eigenvalue weighted by atomic mass is 9.89. The molecule has 1 aromatic carbocycles. The van der Waals surface area contributed by atoms with E-state index >= 15 is 0 Å². The summed E-state index contributed by atoms with van der Waals surface area (Å²) in [4.78, 5) is 0.